The van der Waals surface area contributed by atoms with Gasteiger partial charge >= 0.3 is 0 Å². The maximum absolute atomic E-state index is 12.4. The largest absolute Gasteiger partial charge is 0.500 e. The summed E-state index contributed by atoms with van der Waals surface area (Å²) in [5.41, 5.74) is 3.23. The van der Waals surface area contributed by atoms with E-state index in [4.69, 9.17) is 9.47 Å². The maximum atomic E-state index is 12.4. The van der Waals surface area contributed by atoms with Crippen LogP contribution in [0, 0.1) is 0 Å². The van der Waals surface area contributed by atoms with Crippen LogP contribution in [0.15, 0.2) is 28.7 Å². The van der Waals surface area contributed by atoms with E-state index in [2.05, 4.69) is 29.6 Å². The molecule has 0 N–H and O–H groups in total. The van der Waals surface area contributed by atoms with Crippen molar-refractivity contribution < 1.29 is 19.1 Å². The molecule has 0 aromatic carbocycles. The molecule has 2 aliphatic rings. The summed E-state index contributed by atoms with van der Waals surface area (Å²) in [7, 11) is 7.33. The second-order valence-electron chi connectivity index (χ2n) is 8.21. The number of ether oxygens (including phenoxy) is 2. The predicted molar refractivity (Wildman–Crippen MR) is 123 cm³/mol. The Bertz CT molecular complexity index is 1110. The molecular formula is C25H32N2O4. The number of ketones is 2. The molecule has 0 aliphatic heterocycles. The van der Waals surface area contributed by atoms with Crippen LogP contribution < -0.4 is 10.6 Å². The van der Waals surface area contributed by atoms with Crippen molar-refractivity contribution in [3.05, 3.63) is 50.6 Å². The van der Waals surface area contributed by atoms with Crippen LogP contribution in [-0.2, 0) is 32.0 Å². The molecule has 0 unspecified atom stereocenters. The summed E-state index contributed by atoms with van der Waals surface area (Å²) >= 11 is 0. The van der Waals surface area contributed by atoms with Gasteiger partial charge < -0.3 is 18.9 Å². The smallest absolute Gasteiger partial charge is 0.163 e. The molecule has 0 saturated carbocycles. The highest BCUT2D eigenvalue weighted by atomic mass is 16.5. The Kier molecular flexibility index (Phi) is 7.01. The van der Waals surface area contributed by atoms with E-state index < -0.39 is 0 Å². The van der Waals surface area contributed by atoms with E-state index >= 15 is 0 Å². The molecule has 1 aromatic rings. The van der Waals surface area contributed by atoms with Crippen molar-refractivity contribution in [1.29, 1.82) is 0 Å². The molecule has 0 radical (unpaired) electrons. The third-order valence-corrected chi connectivity index (χ3v) is 5.81. The number of methoxy groups -OCH3 is 2. The van der Waals surface area contributed by atoms with Gasteiger partial charge in [0.2, 0.25) is 0 Å². The number of carbonyl (C=O) groups is 2. The molecule has 1 heterocycles. The number of aromatic nitrogens is 1. The van der Waals surface area contributed by atoms with E-state index in [0.717, 1.165) is 41.3 Å². The van der Waals surface area contributed by atoms with Gasteiger partial charge in [0.1, 0.15) is 11.5 Å². The third kappa shape index (κ3) is 4.59. The molecule has 1 aromatic heterocycles. The number of nitrogens with zero attached hydrogens (tertiary/aromatic N) is 2. The molecule has 0 spiro atoms. The van der Waals surface area contributed by atoms with Gasteiger partial charge in [0.05, 0.1) is 25.4 Å². The standard InChI is InChI=1S/C25H32N2O4/c1-16(28)18-14-20-21-15-19(17(2)29)25(31-6)11-9-23(21)27(13-7-12-26(3)4)22(20)8-10-24(18)30-5/h8,11,14-15H,7,9-10,12-13H2,1-6H3. The summed E-state index contributed by atoms with van der Waals surface area (Å²) in [5.74, 6) is 1.17. The van der Waals surface area contributed by atoms with E-state index in [0.29, 0.717) is 35.5 Å². The number of hydrogen-bond acceptors (Lipinski definition) is 5. The summed E-state index contributed by atoms with van der Waals surface area (Å²) in [6, 6.07) is 0. The fraction of sp³-hybridized carbons (Fsp3) is 0.440. The van der Waals surface area contributed by atoms with Crippen LogP contribution in [0.3, 0.4) is 0 Å². The minimum Gasteiger partial charge on any atom is -0.500 e. The SMILES string of the molecule is COC1=CCc2c(c3c(n2CCCN(C)C)=CCC(OC)=C(C(C)=O)C=3)C=C1C(C)=O. The van der Waals surface area contributed by atoms with E-state index in [-0.39, 0.29) is 11.6 Å². The highest BCUT2D eigenvalue weighted by Crippen LogP contribution is 2.24. The average molecular weight is 425 g/mol. The van der Waals surface area contributed by atoms with Crippen molar-refractivity contribution in [3.8, 4) is 0 Å². The minimum absolute atomic E-state index is 0.0349. The lowest BCUT2D eigenvalue weighted by molar-refractivity contribution is -0.114. The number of hydrogen-bond donors (Lipinski definition) is 0. The maximum Gasteiger partial charge on any atom is 0.163 e. The molecule has 2 aliphatic carbocycles. The molecular weight excluding hydrogens is 392 g/mol. The zero-order chi connectivity index (χ0) is 22.7. The monoisotopic (exact) mass is 424 g/mol. The van der Waals surface area contributed by atoms with E-state index in [9.17, 15) is 9.59 Å². The van der Waals surface area contributed by atoms with Crippen molar-refractivity contribution in [1.82, 2.24) is 9.47 Å². The van der Waals surface area contributed by atoms with Gasteiger partial charge in [-0.2, -0.15) is 0 Å². The molecule has 166 valence electrons. The highest BCUT2D eigenvalue weighted by Gasteiger charge is 2.23. The fourth-order valence-corrected chi connectivity index (χ4v) is 4.28. The summed E-state index contributed by atoms with van der Waals surface area (Å²) < 4.78 is 13.4. The summed E-state index contributed by atoms with van der Waals surface area (Å²) in [6.45, 7) is 4.93. The van der Waals surface area contributed by atoms with Crippen LogP contribution >= 0.6 is 0 Å². The first-order chi connectivity index (χ1) is 14.8. The zero-order valence-corrected chi connectivity index (χ0v) is 19.4. The third-order valence-electron chi connectivity index (χ3n) is 5.81. The summed E-state index contributed by atoms with van der Waals surface area (Å²) in [5, 5.41) is 2.03. The molecule has 31 heavy (non-hydrogen) atoms. The van der Waals surface area contributed by atoms with Crippen LogP contribution in [0.25, 0.3) is 18.2 Å². The Morgan fingerprint density at radius 2 is 1.77 bits per heavy atom. The van der Waals surface area contributed by atoms with Crippen molar-refractivity contribution in [2.24, 2.45) is 0 Å². The molecule has 0 bridgehead atoms. The molecule has 0 amide bonds. The predicted octanol–water partition coefficient (Wildman–Crippen LogP) is 1.95. The number of Topliss-reactive ketones (excluding diaryl/α,β-unsaturated/α-hetero) is 2. The number of rotatable bonds is 8. The van der Waals surface area contributed by atoms with E-state index in [1.165, 1.54) is 0 Å². The molecule has 0 saturated heterocycles. The van der Waals surface area contributed by atoms with Crippen LogP contribution in [0.2, 0.25) is 0 Å². The van der Waals surface area contributed by atoms with Gasteiger partial charge in [-0.15, -0.1) is 0 Å². The lowest BCUT2D eigenvalue weighted by atomic mass is 10.0. The zero-order valence-electron chi connectivity index (χ0n) is 19.4. The lowest BCUT2D eigenvalue weighted by Crippen LogP contribution is -2.31. The second kappa shape index (κ2) is 9.52. The Morgan fingerprint density at radius 3 is 2.35 bits per heavy atom. The Balaban J connectivity index is 2.31. The van der Waals surface area contributed by atoms with Gasteiger partial charge in [-0.3, -0.25) is 9.59 Å². The Labute approximate surface area is 183 Å². The van der Waals surface area contributed by atoms with Gasteiger partial charge in [-0.1, -0.05) is 6.08 Å². The number of fused-ring (bicyclic) bond motifs is 3. The Morgan fingerprint density at radius 1 is 1.03 bits per heavy atom. The number of allylic oxidation sites excluding steroid dienone is 4. The van der Waals surface area contributed by atoms with Gasteiger partial charge in [0.25, 0.3) is 0 Å². The highest BCUT2D eigenvalue weighted by molar-refractivity contribution is 6.04. The topological polar surface area (TPSA) is 60.8 Å². The normalized spacial score (nSPS) is 15.6. The molecule has 6 heteroatoms. The summed E-state index contributed by atoms with van der Waals surface area (Å²) in [6.07, 6.45) is 10.1. The van der Waals surface area contributed by atoms with Crippen LogP contribution in [-0.4, -0.2) is 55.9 Å². The first-order valence-corrected chi connectivity index (χ1v) is 10.6. The van der Waals surface area contributed by atoms with Gasteiger partial charge in [-0.25, -0.2) is 0 Å². The molecule has 0 atom stereocenters. The minimum atomic E-state index is -0.0485. The van der Waals surface area contributed by atoms with Crippen LogP contribution in [0.5, 0.6) is 0 Å². The first kappa shape index (κ1) is 22.8. The van der Waals surface area contributed by atoms with Gasteiger partial charge in [-0.05, 0) is 59.1 Å². The van der Waals surface area contributed by atoms with Crippen LogP contribution in [0.4, 0.5) is 0 Å². The van der Waals surface area contributed by atoms with Crippen LogP contribution in [0.1, 0.15) is 37.9 Å². The van der Waals surface area contributed by atoms with Gasteiger partial charge in [0, 0.05) is 41.2 Å². The first-order valence-electron chi connectivity index (χ1n) is 10.6. The van der Waals surface area contributed by atoms with E-state index in [1.807, 2.05) is 18.2 Å². The van der Waals surface area contributed by atoms with E-state index in [1.54, 1.807) is 28.1 Å². The molecule has 3 rings (SSSR count). The summed E-state index contributed by atoms with van der Waals surface area (Å²) in [4.78, 5) is 27.0. The van der Waals surface area contributed by atoms with Crippen molar-refractivity contribution >= 4 is 29.8 Å². The molecule has 6 nitrogen and oxygen atoms in total. The van der Waals surface area contributed by atoms with Crippen molar-refractivity contribution in [2.45, 2.75) is 39.7 Å². The van der Waals surface area contributed by atoms with Crippen molar-refractivity contribution in [3.63, 3.8) is 0 Å². The lowest BCUT2D eigenvalue weighted by Gasteiger charge is -2.13. The Hall–Kier alpha value is -2.86. The average Bonchev–Trinajstić information content (AvgIpc) is 2.88. The van der Waals surface area contributed by atoms with Gasteiger partial charge in [0.15, 0.2) is 11.6 Å². The molecule has 0 fully saturated rings. The fourth-order valence-electron chi connectivity index (χ4n) is 4.28. The second-order valence-corrected chi connectivity index (χ2v) is 8.21. The van der Waals surface area contributed by atoms with Crippen molar-refractivity contribution in [2.75, 3.05) is 34.9 Å². The quantitative estimate of drug-likeness (QED) is 0.639. The number of carbonyl (C=O) groups excluding carboxylic acids is 2.